The maximum atomic E-state index is 12.7. The van der Waals surface area contributed by atoms with E-state index in [1.54, 1.807) is 12.3 Å². The quantitative estimate of drug-likeness (QED) is 0.395. The SMILES string of the molecule is NC(C(=O)Nc1cccc(-c2nc3ccccc3o2)c1)c1ccc(-c2cn[nH]c2)cc1. The molecule has 0 fully saturated rings. The fraction of sp³-hybridized carbons (Fsp3) is 0.0417. The molecule has 2 heterocycles. The number of carbonyl (C=O) groups excluding carboxylic acids is 1. The standard InChI is InChI=1S/C24H19N5O2/c25-22(16-10-8-15(9-11-16)18-13-26-27-14-18)23(30)28-19-5-3-4-17(12-19)24-29-20-6-1-2-7-21(20)31-24/h1-14,22H,25H2,(H,26,27)(H,28,30). The second kappa shape index (κ2) is 7.89. The van der Waals surface area contributed by atoms with Gasteiger partial charge < -0.3 is 15.5 Å². The van der Waals surface area contributed by atoms with Crippen molar-refractivity contribution >= 4 is 22.7 Å². The van der Waals surface area contributed by atoms with Crippen LogP contribution >= 0.6 is 0 Å². The van der Waals surface area contributed by atoms with Crippen LogP contribution in [0.2, 0.25) is 0 Å². The Morgan fingerprint density at radius 2 is 1.81 bits per heavy atom. The first-order valence-corrected chi connectivity index (χ1v) is 9.79. The first-order valence-electron chi connectivity index (χ1n) is 9.79. The number of aromatic nitrogens is 3. The van der Waals surface area contributed by atoms with E-state index in [9.17, 15) is 4.79 Å². The third kappa shape index (κ3) is 3.82. The molecule has 0 aliphatic rings. The maximum absolute atomic E-state index is 12.7. The Morgan fingerprint density at radius 1 is 0.968 bits per heavy atom. The zero-order valence-electron chi connectivity index (χ0n) is 16.4. The molecule has 1 unspecified atom stereocenters. The molecule has 2 aromatic heterocycles. The number of aromatic amines is 1. The molecule has 0 spiro atoms. The van der Waals surface area contributed by atoms with Crippen LogP contribution in [0, 0.1) is 0 Å². The Balaban J connectivity index is 1.32. The molecule has 0 aliphatic heterocycles. The van der Waals surface area contributed by atoms with E-state index in [4.69, 9.17) is 10.2 Å². The van der Waals surface area contributed by atoms with Crippen LogP contribution in [0.5, 0.6) is 0 Å². The fourth-order valence-electron chi connectivity index (χ4n) is 3.39. The second-order valence-corrected chi connectivity index (χ2v) is 7.14. The van der Waals surface area contributed by atoms with Gasteiger partial charge in [0, 0.05) is 23.0 Å². The summed E-state index contributed by atoms with van der Waals surface area (Å²) in [6, 6.07) is 21.7. The molecule has 31 heavy (non-hydrogen) atoms. The van der Waals surface area contributed by atoms with E-state index in [0.717, 1.165) is 27.8 Å². The van der Waals surface area contributed by atoms with Gasteiger partial charge in [0.05, 0.1) is 6.20 Å². The lowest BCUT2D eigenvalue weighted by Crippen LogP contribution is -2.27. The monoisotopic (exact) mass is 409 g/mol. The van der Waals surface area contributed by atoms with Gasteiger partial charge in [-0.25, -0.2) is 4.98 Å². The molecule has 5 rings (SSSR count). The van der Waals surface area contributed by atoms with Gasteiger partial charge in [-0.1, -0.05) is 42.5 Å². The molecule has 7 heteroatoms. The summed E-state index contributed by atoms with van der Waals surface area (Å²) in [4.78, 5) is 17.2. The topological polar surface area (TPSA) is 110 Å². The molecule has 152 valence electrons. The molecule has 4 N–H and O–H groups in total. The van der Waals surface area contributed by atoms with E-state index in [1.807, 2.05) is 72.9 Å². The number of nitrogens with one attached hydrogen (secondary N) is 2. The first kappa shape index (κ1) is 18.8. The highest BCUT2D eigenvalue weighted by Crippen LogP contribution is 2.27. The number of carbonyl (C=O) groups is 1. The number of para-hydroxylation sites is 2. The number of fused-ring (bicyclic) bond motifs is 1. The molecule has 0 saturated carbocycles. The number of amides is 1. The average molecular weight is 409 g/mol. The van der Waals surface area contributed by atoms with Crippen LogP contribution < -0.4 is 11.1 Å². The summed E-state index contributed by atoms with van der Waals surface area (Å²) in [5.74, 6) is 0.196. The van der Waals surface area contributed by atoms with Crippen molar-refractivity contribution in [2.24, 2.45) is 5.73 Å². The minimum absolute atomic E-state index is 0.300. The number of hydrogen-bond acceptors (Lipinski definition) is 5. The Morgan fingerprint density at radius 3 is 2.58 bits per heavy atom. The minimum Gasteiger partial charge on any atom is -0.436 e. The van der Waals surface area contributed by atoms with Gasteiger partial charge in [-0.3, -0.25) is 9.89 Å². The van der Waals surface area contributed by atoms with E-state index < -0.39 is 6.04 Å². The number of H-pyrrole nitrogens is 1. The Bertz CT molecular complexity index is 1310. The first-order chi connectivity index (χ1) is 15.2. The van der Waals surface area contributed by atoms with Crippen LogP contribution in [0.3, 0.4) is 0 Å². The number of anilines is 1. The lowest BCUT2D eigenvalue weighted by atomic mass is 10.0. The van der Waals surface area contributed by atoms with Gasteiger partial charge in [0.2, 0.25) is 11.8 Å². The summed E-state index contributed by atoms with van der Waals surface area (Å²) >= 11 is 0. The van der Waals surface area contributed by atoms with E-state index in [2.05, 4.69) is 20.5 Å². The van der Waals surface area contributed by atoms with Crippen molar-refractivity contribution in [1.29, 1.82) is 0 Å². The van der Waals surface area contributed by atoms with E-state index in [-0.39, 0.29) is 5.91 Å². The molecule has 7 nitrogen and oxygen atoms in total. The van der Waals surface area contributed by atoms with Crippen LogP contribution in [0.15, 0.2) is 89.6 Å². The van der Waals surface area contributed by atoms with Crippen LogP contribution in [0.4, 0.5) is 5.69 Å². The van der Waals surface area contributed by atoms with Crippen molar-refractivity contribution < 1.29 is 9.21 Å². The van der Waals surface area contributed by atoms with Gasteiger partial charge >= 0.3 is 0 Å². The van der Waals surface area contributed by atoms with E-state index in [1.165, 1.54) is 0 Å². The maximum Gasteiger partial charge on any atom is 0.245 e. The van der Waals surface area contributed by atoms with Crippen molar-refractivity contribution in [2.75, 3.05) is 5.32 Å². The summed E-state index contributed by atoms with van der Waals surface area (Å²) in [6.07, 6.45) is 3.55. The highest BCUT2D eigenvalue weighted by molar-refractivity contribution is 5.96. The predicted octanol–water partition coefficient (Wildman–Crippen LogP) is 4.52. The number of hydrogen-bond donors (Lipinski definition) is 3. The van der Waals surface area contributed by atoms with Crippen molar-refractivity contribution in [3.63, 3.8) is 0 Å². The Labute approximate surface area is 177 Å². The Hall–Kier alpha value is -4.23. The molecule has 0 radical (unpaired) electrons. The lowest BCUT2D eigenvalue weighted by Gasteiger charge is -2.13. The van der Waals surface area contributed by atoms with Crippen molar-refractivity contribution in [3.8, 4) is 22.6 Å². The average Bonchev–Trinajstić information content (AvgIpc) is 3.49. The molecule has 0 bridgehead atoms. The Kier molecular flexibility index (Phi) is 4.78. The van der Waals surface area contributed by atoms with Crippen LogP contribution in [-0.2, 0) is 4.79 Å². The molecule has 1 atom stereocenters. The molecule has 3 aromatic carbocycles. The van der Waals surface area contributed by atoms with Gasteiger partial charge in [-0.05, 0) is 41.5 Å². The fourth-order valence-corrected chi connectivity index (χ4v) is 3.39. The number of nitrogens with two attached hydrogens (primary N) is 1. The zero-order valence-corrected chi connectivity index (χ0v) is 16.4. The summed E-state index contributed by atoms with van der Waals surface area (Å²) in [6.45, 7) is 0. The van der Waals surface area contributed by atoms with Gasteiger partial charge in [-0.15, -0.1) is 0 Å². The van der Waals surface area contributed by atoms with Gasteiger partial charge in [0.1, 0.15) is 11.6 Å². The van der Waals surface area contributed by atoms with Crippen LogP contribution in [0.25, 0.3) is 33.7 Å². The highest BCUT2D eigenvalue weighted by Gasteiger charge is 2.17. The summed E-state index contributed by atoms with van der Waals surface area (Å²) < 4.78 is 5.82. The van der Waals surface area contributed by atoms with Crippen molar-refractivity contribution in [3.05, 3.63) is 90.8 Å². The highest BCUT2D eigenvalue weighted by atomic mass is 16.3. The van der Waals surface area contributed by atoms with Crippen molar-refractivity contribution in [2.45, 2.75) is 6.04 Å². The number of oxazole rings is 1. The lowest BCUT2D eigenvalue weighted by molar-refractivity contribution is -0.117. The largest absolute Gasteiger partial charge is 0.436 e. The normalized spacial score (nSPS) is 12.0. The smallest absolute Gasteiger partial charge is 0.245 e. The molecule has 5 aromatic rings. The third-order valence-electron chi connectivity index (χ3n) is 5.05. The summed E-state index contributed by atoms with van der Waals surface area (Å²) in [5.41, 5.74) is 11.8. The molecular formula is C24H19N5O2. The van der Waals surface area contributed by atoms with Crippen molar-refractivity contribution in [1.82, 2.24) is 15.2 Å². The van der Waals surface area contributed by atoms with Crippen LogP contribution in [0.1, 0.15) is 11.6 Å². The zero-order chi connectivity index (χ0) is 21.2. The molecular weight excluding hydrogens is 390 g/mol. The number of nitrogens with zero attached hydrogens (tertiary/aromatic N) is 2. The van der Waals surface area contributed by atoms with Gasteiger partial charge in [-0.2, -0.15) is 5.10 Å². The summed E-state index contributed by atoms with van der Waals surface area (Å²) in [5, 5.41) is 9.61. The third-order valence-corrected chi connectivity index (χ3v) is 5.05. The molecule has 0 saturated heterocycles. The number of benzene rings is 3. The van der Waals surface area contributed by atoms with Gasteiger partial charge in [0.15, 0.2) is 5.58 Å². The van der Waals surface area contributed by atoms with Gasteiger partial charge in [0.25, 0.3) is 0 Å². The molecule has 1 amide bonds. The predicted molar refractivity (Wildman–Crippen MR) is 119 cm³/mol. The summed E-state index contributed by atoms with van der Waals surface area (Å²) in [7, 11) is 0. The number of rotatable bonds is 5. The molecule has 0 aliphatic carbocycles. The van der Waals surface area contributed by atoms with E-state index in [0.29, 0.717) is 17.2 Å². The van der Waals surface area contributed by atoms with E-state index >= 15 is 0 Å². The minimum atomic E-state index is -0.800. The van der Waals surface area contributed by atoms with Crippen LogP contribution in [-0.4, -0.2) is 21.1 Å². The second-order valence-electron chi connectivity index (χ2n) is 7.14.